The molecule has 6 atom stereocenters. The summed E-state index contributed by atoms with van der Waals surface area (Å²) in [5, 5.41) is 32.6. The molecule has 3 N–H and O–H groups in total. The lowest BCUT2D eigenvalue weighted by Crippen LogP contribution is -2.65. The molecule has 4 fully saturated rings. The summed E-state index contributed by atoms with van der Waals surface area (Å²) in [6.45, 7) is 6.39. The van der Waals surface area contributed by atoms with Crippen molar-refractivity contribution in [2.24, 2.45) is 22.7 Å². The summed E-state index contributed by atoms with van der Waals surface area (Å²) in [7, 11) is 0. The fourth-order valence-electron chi connectivity index (χ4n) is 9.34. The van der Waals surface area contributed by atoms with Gasteiger partial charge in [0.15, 0.2) is 5.79 Å². The fraction of sp³-hybridized carbons (Fsp3) is 0.639. The van der Waals surface area contributed by atoms with Gasteiger partial charge in [-0.1, -0.05) is 50.3 Å². The molecular weight excluding hydrogens is 623 g/mol. The normalized spacial score (nSPS) is 36.3. The second-order valence-electron chi connectivity index (χ2n) is 15.3. The van der Waals surface area contributed by atoms with E-state index in [1.807, 2.05) is 13.8 Å². The molecule has 1 aromatic rings. The van der Waals surface area contributed by atoms with E-state index in [2.05, 4.69) is 11.8 Å². The molecule has 5 aliphatic rings. The topological polar surface area (TPSA) is 96.2 Å². The number of aliphatic hydroxyl groups is 2. The van der Waals surface area contributed by atoms with Gasteiger partial charge in [0.25, 0.3) is 0 Å². The number of hydrogen-bond acceptors (Lipinski definition) is 5. The van der Waals surface area contributed by atoms with Crippen LogP contribution in [0.25, 0.3) is 0 Å². The predicted molar refractivity (Wildman–Crippen MR) is 161 cm³/mol. The highest BCUT2D eigenvalue weighted by molar-refractivity contribution is 5.80. The Morgan fingerprint density at radius 2 is 1.64 bits per heavy atom. The molecule has 1 heterocycles. The lowest BCUT2D eigenvalue weighted by Gasteiger charge is -2.59. The zero-order chi connectivity index (χ0) is 34.3. The van der Waals surface area contributed by atoms with Crippen molar-refractivity contribution >= 4 is 5.97 Å². The summed E-state index contributed by atoms with van der Waals surface area (Å²) < 4.78 is 84.8. The molecule has 47 heavy (non-hydrogen) atoms. The van der Waals surface area contributed by atoms with Crippen LogP contribution in [0.4, 0.5) is 22.0 Å². The van der Waals surface area contributed by atoms with Crippen LogP contribution in [0.5, 0.6) is 0 Å². The number of aliphatic carboxylic acids is 1. The number of carbonyl (C=O) groups is 1. The molecule has 6 rings (SSSR count). The summed E-state index contributed by atoms with van der Waals surface area (Å²) in [5.74, 6) is -3.67. The molecule has 0 aromatic heterocycles. The van der Waals surface area contributed by atoms with Gasteiger partial charge >= 0.3 is 18.1 Å². The van der Waals surface area contributed by atoms with Crippen molar-refractivity contribution < 1.29 is 51.5 Å². The first-order valence-corrected chi connectivity index (χ1v) is 16.2. The van der Waals surface area contributed by atoms with Gasteiger partial charge in [-0.15, -0.1) is 0 Å². The number of rotatable bonds is 3. The molecule has 1 aliphatic heterocycles. The Bertz CT molecular complexity index is 1540. The molecule has 0 radical (unpaired) electrons. The number of ether oxygens (including phenoxy) is 2. The molecule has 1 saturated heterocycles. The lowest BCUT2D eigenvalue weighted by molar-refractivity contribution is -0.362. The van der Waals surface area contributed by atoms with Crippen LogP contribution in [0, 0.1) is 34.5 Å². The molecule has 256 valence electrons. The summed E-state index contributed by atoms with van der Waals surface area (Å²) >= 11 is 0. The third kappa shape index (κ3) is 5.44. The molecule has 1 spiro atoms. The van der Waals surface area contributed by atoms with Gasteiger partial charge in [0.2, 0.25) is 0 Å². The quantitative estimate of drug-likeness (QED) is 0.141. The van der Waals surface area contributed by atoms with Crippen molar-refractivity contribution in [2.75, 3.05) is 13.2 Å². The van der Waals surface area contributed by atoms with Crippen LogP contribution >= 0.6 is 0 Å². The number of halogens is 5. The molecule has 6 nitrogen and oxygen atoms in total. The van der Waals surface area contributed by atoms with E-state index in [4.69, 9.17) is 14.6 Å². The van der Waals surface area contributed by atoms with E-state index in [0.29, 0.717) is 43.6 Å². The Kier molecular flexibility index (Phi) is 8.07. The standard InChI is InChI=1S/C36H41F5O6/c1-30(2)20-46-33(47-21-30)16-13-27-29-24(12-15-32(27,44)19-33)26-14-17-34(45,35(37,38)36(39,40)41)31(26,3)18-25(29)23-10-8-22(9-11-23)6-4-5-7-28(42)43/h5,7-11,24-26,44-45H,12-21H2,1-3H3,(H,42,43)/t24-,25+,26-,31-,32+,34-/m0/s1. The number of carboxylic acid groups (broad SMARTS) is 1. The van der Waals surface area contributed by atoms with E-state index in [1.165, 1.54) is 13.0 Å². The van der Waals surface area contributed by atoms with Crippen molar-refractivity contribution in [3.05, 3.63) is 58.7 Å². The van der Waals surface area contributed by atoms with E-state index in [-0.39, 0.29) is 31.1 Å². The van der Waals surface area contributed by atoms with E-state index in [0.717, 1.165) is 17.2 Å². The maximum Gasteiger partial charge on any atom is 0.456 e. The Labute approximate surface area is 271 Å². The minimum absolute atomic E-state index is 0.00882. The van der Waals surface area contributed by atoms with E-state index >= 15 is 8.78 Å². The predicted octanol–water partition coefficient (Wildman–Crippen LogP) is 6.90. The number of fused-ring (bicyclic) bond motifs is 4. The maximum atomic E-state index is 15.3. The monoisotopic (exact) mass is 664 g/mol. The largest absolute Gasteiger partial charge is 0.478 e. The molecule has 1 aromatic carbocycles. The highest BCUT2D eigenvalue weighted by atomic mass is 19.4. The van der Waals surface area contributed by atoms with Gasteiger partial charge in [-0.3, -0.25) is 0 Å². The summed E-state index contributed by atoms with van der Waals surface area (Å²) in [4.78, 5) is 10.7. The van der Waals surface area contributed by atoms with Crippen LogP contribution in [0.3, 0.4) is 0 Å². The molecule has 3 saturated carbocycles. The highest BCUT2D eigenvalue weighted by Crippen LogP contribution is 2.71. The van der Waals surface area contributed by atoms with Gasteiger partial charge in [0, 0.05) is 41.2 Å². The van der Waals surface area contributed by atoms with Gasteiger partial charge in [-0.2, -0.15) is 22.0 Å². The molecular formula is C36H41F5O6. The Balaban J connectivity index is 1.43. The van der Waals surface area contributed by atoms with E-state index in [1.54, 1.807) is 24.3 Å². The molecule has 11 heteroatoms. The Morgan fingerprint density at radius 1 is 0.979 bits per heavy atom. The van der Waals surface area contributed by atoms with Crippen molar-refractivity contribution in [3.63, 3.8) is 0 Å². The molecule has 0 unspecified atom stereocenters. The molecule has 0 bridgehead atoms. The van der Waals surface area contributed by atoms with Crippen molar-refractivity contribution in [2.45, 2.75) is 107 Å². The summed E-state index contributed by atoms with van der Waals surface area (Å²) in [6, 6.07) is 6.86. The average Bonchev–Trinajstić information content (AvgIpc) is 3.27. The second-order valence-corrected chi connectivity index (χ2v) is 15.3. The van der Waals surface area contributed by atoms with Crippen LogP contribution in [0.15, 0.2) is 47.6 Å². The molecule has 0 amide bonds. The van der Waals surface area contributed by atoms with Crippen molar-refractivity contribution in [3.8, 4) is 11.8 Å². The first-order valence-electron chi connectivity index (χ1n) is 16.2. The highest BCUT2D eigenvalue weighted by Gasteiger charge is 2.79. The number of alkyl halides is 5. The van der Waals surface area contributed by atoms with Gasteiger partial charge in [-0.05, 0) is 79.7 Å². The SMILES string of the molecule is CC1(C)COC2(CCC3=C4[C@@H](CC[C@@]3(O)C2)[C@@H]2CC[C@@](O)(C(F)(F)C(F)(F)F)[C@@]2(C)C[C@@H]4c2ccc(C#CC=CC(=O)O)cc2)OC1. The smallest absolute Gasteiger partial charge is 0.456 e. The summed E-state index contributed by atoms with van der Waals surface area (Å²) in [5.41, 5.74) is -3.70. The van der Waals surface area contributed by atoms with Crippen molar-refractivity contribution in [1.82, 2.24) is 0 Å². The third-order valence-electron chi connectivity index (χ3n) is 11.7. The van der Waals surface area contributed by atoms with Gasteiger partial charge < -0.3 is 24.8 Å². The average molecular weight is 665 g/mol. The first kappa shape index (κ1) is 34.1. The summed E-state index contributed by atoms with van der Waals surface area (Å²) in [6.07, 6.45) is -2.94. The minimum atomic E-state index is -5.93. The van der Waals surface area contributed by atoms with Crippen LogP contribution in [-0.2, 0) is 14.3 Å². The second kappa shape index (κ2) is 11.1. The fourth-order valence-corrected chi connectivity index (χ4v) is 9.34. The number of carboxylic acids is 1. The molecule has 4 aliphatic carbocycles. The van der Waals surface area contributed by atoms with E-state index < -0.39 is 64.6 Å². The lowest BCUT2D eigenvalue weighted by atomic mass is 9.49. The Morgan fingerprint density at radius 3 is 2.26 bits per heavy atom. The Hall–Kier alpha value is -2.78. The number of hydrogen-bond donors (Lipinski definition) is 3. The maximum absolute atomic E-state index is 15.3. The van der Waals surface area contributed by atoms with Crippen molar-refractivity contribution in [1.29, 1.82) is 0 Å². The zero-order valence-corrected chi connectivity index (χ0v) is 26.7. The third-order valence-corrected chi connectivity index (χ3v) is 11.7. The number of benzene rings is 1. The minimum Gasteiger partial charge on any atom is -0.478 e. The van der Waals surface area contributed by atoms with E-state index in [9.17, 15) is 28.2 Å². The van der Waals surface area contributed by atoms with Crippen LogP contribution < -0.4 is 0 Å². The zero-order valence-electron chi connectivity index (χ0n) is 26.7. The number of allylic oxidation sites excluding steroid dienone is 2. The van der Waals surface area contributed by atoms with Gasteiger partial charge in [0.1, 0.15) is 5.60 Å². The van der Waals surface area contributed by atoms with Crippen LogP contribution in [0.1, 0.15) is 89.2 Å². The van der Waals surface area contributed by atoms with Crippen LogP contribution in [0.2, 0.25) is 0 Å². The van der Waals surface area contributed by atoms with Crippen LogP contribution in [-0.4, -0.2) is 63.6 Å². The van der Waals surface area contributed by atoms with Gasteiger partial charge in [-0.25, -0.2) is 4.79 Å². The van der Waals surface area contributed by atoms with Gasteiger partial charge in [0.05, 0.1) is 18.8 Å². The first-order chi connectivity index (χ1) is 21.8.